The lowest BCUT2D eigenvalue weighted by molar-refractivity contribution is 0.628. The third-order valence-corrected chi connectivity index (χ3v) is 5.66. The Morgan fingerprint density at radius 2 is 1.96 bits per heavy atom. The molecule has 4 aromatic rings. The lowest BCUT2D eigenvalue weighted by Crippen LogP contribution is -2.07. The van der Waals surface area contributed by atoms with Crippen LogP contribution in [0.4, 0.5) is 4.39 Å². The fourth-order valence-electron chi connectivity index (χ4n) is 2.43. The standard InChI is InChI=1S/C17H11FN2OS2/c1-9-7-22-8-12(9)16-19-13-6-14(23-15(13)17(21)20-16)10-2-4-11(18)5-3-10/h2-8H,1H3,(H,19,20,21). The van der Waals surface area contributed by atoms with Gasteiger partial charge in [0.1, 0.15) is 16.3 Å². The van der Waals surface area contributed by atoms with Gasteiger partial charge in [-0.15, -0.1) is 11.3 Å². The van der Waals surface area contributed by atoms with Gasteiger partial charge in [0.2, 0.25) is 0 Å². The summed E-state index contributed by atoms with van der Waals surface area (Å²) in [5.41, 5.74) is 3.43. The zero-order valence-corrected chi connectivity index (χ0v) is 13.7. The molecular weight excluding hydrogens is 331 g/mol. The summed E-state index contributed by atoms with van der Waals surface area (Å²) in [7, 11) is 0. The van der Waals surface area contributed by atoms with Crippen molar-refractivity contribution in [2.24, 2.45) is 0 Å². The van der Waals surface area contributed by atoms with E-state index < -0.39 is 0 Å². The van der Waals surface area contributed by atoms with E-state index in [1.807, 2.05) is 23.8 Å². The van der Waals surface area contributed by atoms with E-state index in [1.165, 1.54) is 23.5 Å². The highest BCUT2D eigenvalue weighted by atomic mass is 32.1. The Balaban J connectivity index is 1.89. The highest BCUT2D eigenvalue weighted by Gasteiger charge is 2.13. The van der Waals surface area contributed by atoms with Gasteiger partial charge < -0.3 is 4.98 Å². The summed E-state index contributed by atoms with van der Waals surface area (Å²) in [6.45, 7) is 1.99. The zero-order chi connectivity index (χ0) is 16.0. The average Bonchev–Trinajstić information content (AvgIpc) is 3.14. The van der Waals surface area contributed by atoms with Gasteiger partial charge in [0, 0.05) is 15.8 Å². The Bertz CT molecular complexity index is 1060. The van der Waals surface area contributed by atoms with E-state index in [1.54, 1.807) is 23.5 Å². The third-order valence-electron chi connectivity index (χ3n) is 3.62. The maximum atomic E-state index is 13.1. The van der Waals surface area contributed by atoms with Crippen LogP contribution in [0.3, 0.4) is 0 Å². The molecule has 0 saturated carbocycles. The molecular formula is C17H11FN2OS2. The smallest absolute Gasteiger partial charge is 0.269 e. The predicted octanol–water partition coefficient (Wildman–Crippen LogP) is 4.83. The van der Waals surface area contributed by atoms with Crippen molar-refractivity contribution in [2.75, 3.05) is 0 Å². The van der Waals surface area contributed by atoms with E-state index in [-0.39, 0.29) is 11.4 Å². The molecule has 0 spiro atoms. The molecule has 0 unspecified atom stereocenters. The summed E-state index contributed by atoms with van der Waals surface area (Å²) in [6, 6.07) is 8.12. The molecule has 114 valence electrons. The van der Waals surface area contributed by atoms with E-state index in [0.717, 1.165) is 21.6 Å². The van der Waals surface area contributed by atoms with Crippen LogP contribution in [0.1, 0.15) is 5.56 Å². The number of aromatic amines is 1. The lowest BCUT2D eigenvalue weighted by Gasteiger charge is -1.99. The molecule has 0 saturated heterocycles. The summed E-state index contributed by atoms with van der Waals surface area (Å²) >= 11 is 2.95. The van der Waals surface area contributed by atoms with Gasteiger partial charge in [-0.1, -0.05) is 12.1 Å². The zero-order valence-electron chi connectivity index (χ0n) is 12.1. The maximum absolute atomic E-state index is 13.1. The lowest BCUT2D eigenvalue weighted by atomic mass is 10.2. The number of aryl methyl sites for hydroxylation is 1. The van der Waals surface area contributed by atoms with E-state index in [2.05, 4.69) is 9.97 Å². The van der Waals surface area contributed by atoms with Crippen molar-refractivity contribution in [3.63, 3.8) is 0 Å². The van der Waals surface area contributed by atoms with Crippen molar-refractivity contribution in [2.45, 2.75) is 6.92 Å². The van der Waals surface area contributed by atoms with Gasteiger partial charge in [-0.2, -0.15) is 11.3 Å². The van der Waals surface area contributed by atoms with Crippen LogP contribution in [0.5, 0.6) is 0 Å². The van der Waals surface area contributed by atoms with Crippen LogP contribution in [0.15, 0.2) is 45.9 Å². The average molecular weight is 342 g/mol. The van der Waals surface area contributed by atoms with Gasteiger partial charge in [0.15, 0.2) is 0 Å². The Kier molecular flexibility index (Phi) is 3.36. The van der Waals surface area contributed by atoms with E-state index in [0.29, 0.717) is 16.0 Å². The molecule has 3 aromatic heterocycles. The number of benzene rings is 1. The number of rotatable bonds is 2. The topological polar surface area (TPSA) is 45.8 Å². The number of halogens is 1. The van der Waals surface area contributed by atoms with Crippen LogP contribution in [-0.4, -0.2) is 9.97 Å². The molecule has 0 aliphatic heterocycles. The fourth-order valence-corrected chi connectivity index (χ4v) is 4.26. The Hall–Kier alpha value is -2.31. The number of aromatic nitrogens is 2. The summed E-state index contributed by atoms with van der Waals surface area (Å²) < 4.78 is 13.6. The first-order valence-electron chi connectivity index (χ1n) is 6.95. The van der Waals surface area contributed by atoms with Gasteiger partial charge in [-0.05, 0) is 41.6 Å². The van der Waals surface area contributed by atoms with Crippen molar-refractivity contribution in [3.05, 3.63) is 62.8 Å². The van der Waals surface area contributed by atoms with Gasteiger partial charge in [-0.3, -0.25) is 4.79 Å². The van der Waals surface area contributed by atoms with Crippen molar-refractivity contribution in [1.29, 1.82) is 0 Å². The highest BCUT2D eigenvalue weighted by Crippen LogP contribution is 2.32. The largest absolute Gasteiger partial charge is 0.305 e. The second kappa shape index (κ2) is 5.40. The number of nitrogens with zero attached hydrogens (tertiary/aromatic N) is 1. The minimum Gasteiger partial charge on any atom is -0.305 e. The number of hydrogen-bond donors (Lipinski definition) is 1. The van der Waals surface area contributed by atoms with Gasteiger partial charge in [-0.25, -0.2) is 9.37 Å². The Morgan fingerprint density at radius 3 is 2.65 bits per heavy atom. The maximum Gasteiger partial charge on any atom is 0.269 e. The monoisotopic (exact) mass is 342 g/mol. The highest BCUT2D eigenvalue weighted by molar-refractivity contribution is 7.22. The molecule has 0 bridgehead atoms. The first kappa shape index (κ1) is 14.3. The van der Waals surface area contributed by atoms with Crippen molar-refractivity contribution in [3.8, 4) is 21.8 Å². The number of hydrogen-bond acceptors (Lipinski definition) is 4. The normalized spacial score (nSPS) is 11.2. The summed E-state index contributed by atoms with van der Waals surface area (Å²) in [4.78, 5) is 20.7. The van der Waals surface area contributed by atoms with E-state index >= 15 is 0 Å². The molecule has 0 aliphatic carbocycles. The number of fused-ring (bicyclic) bond motifs is 1. The van der Waals surface area contributed by atoms with Gasteiger partial charge in [0.05, 0.1) is 5.52 Å². The SMILES string of the molecule is Cc1cscc1-c1nc2cc(-c3ccc(F)cc3)sc2c(=O)[nH]1. The Morgan fingerprint density at radius 1 is 1.17 bits per heavy atom. The molecule has 1 N–H and O–H groups in total. The first-order valence-corrected chi connectivity index (χ1v) is 8.71. The molecule has 3 heterocycles. The van der Waals surface area contributed by atoms with Crippen LogP contribution < -0.4 is 5.56 Å². The molecule has 3 nitrogen and oxygen atoms in total. The van der Waals surface area contributed by atoms with Crippen LogP contribution in [-0.2, 0) is 0 Å². The van der Waals surface area contributed by atoms with Crippen LogP contribution in [0.2, 0.25) is 0 Å². The van der Waals surface area contributed by atoms with Crippen LogP contribution in [0, 0.1) is 12.7 Å². The first-order chi connectivity index (χ1) is 11.1. The molecule has 0 amide bonds. The van der Waals surface area contributed by atoms with Crippen LogP contribution in [0.25, 0.3) is 32.0 Å². The fraction of sp³-hybridized carbons (Fsp3) is 0.0588. The predicted molar refractivity (Wildman–Crippen MR) is 93.7 cm³/mol. The van der Waals surface area contributed by atoms with Crippen molar-refractivity contribution >= 4 is 32.9 Å². The number of nitrogens with one attached hydrogen (secondary N) is 1. The van der Waals surface area contributed by atoms with Crippen molar-refractivity contribution < 1.29 is 4.39 Å². The van der Waals surface area contributed by atoms with E-state index in [4.69, 9.17) is 0 Å². The molecule has 0 radical (unpaired) electrons. The third kappa shape index (κ3) is 2.50. The molecule has 0 aliphatic rings. The Labute approximate surface area is 139 Å². The molecule has 0 atom stereocenters. The van der Waals surface area contributed by atoms with Crippen molar-refractivity contribution in [1.82, 2.24) is 9.97 Å². The minimum absolute atomic E-state index is 0.144. The van der Waals surface area contributed by atoms with Gasteiger partial charge >= 0.3 is 0 Å². The summed E-state index contributed by atoms with van der Waals surface area (Å²) in [6.07, 6.45) is 0. The molecule has 1 aromatic carbocycles. The number of H-pyrrole nitrogens is 1. The molecule has 4 rings (SSSR count). The summed E-state index contributed by atoms with van der Waals surface area (Å²) in [5.74, 6) is 0.311. The summed E-state index contributed by atoms with van der Waals surface area (Å²) in [5, 5.41) is 4.00. The quantitative estimate of drug-likeness (QED) is 0.567. The molecule has 6 heteroatoms. The van der Waals surface area contributed by atoms with E-state index in [9.17, 15) is 9.18 Å². The second-order valence-corrected chi connectivity index (χ2v) is 7.01. The number of thiophene rings is 2. The minimum atomic E-state index is -0.277. The van der Waals surface area contributed by atoms with Gasteiger partial charge in [0.25, 0.3) is 5.56 Å². The second-order valence-electron chi connectivity index (χ2n) is 5.21. The molecule has 23 heavy (non-hydrogen) atoms. The molecule has 0 fully saturated rings. The van der Waals surface area contributed by atoms with Crippen LogP contribution >= 0.6 is 22.7 Å².